The van der Waals surface area contributed by atoms with E-state index in [0.717, 1.165) is 29.9 Å². The lowest BCUT2D eigenvalue weighted by Gasteiger charge is -2.27. The highest BCUT2D eigenvalue weighted by Crippen LogP contribution is 2.41. The Hall–Kier alpha value is -2.01. The number of amides is 2. The minimum absolute atomic E-state index is 0.120. The molecule has 0 aliphatic heterocycles. The van der Waals surface area contributed by atoms with Crippen LogP contribution in [-0.4, -0.2) is 43.8 Å². The number of carbonyl (C=O) groups is 1. The van der Waals surface area contributed by atoms with Crippen molar-refractivity contribution in [3.63, 3.8) is 0 Å². The van der Waals surface area contributed by atoms with Crippen LogP contribution in [0.5, 0.6) is 5.75 Å². The van der Waals surface area contributed by atoms with Crippen LogP contribution in [0.25, 0.3) is 0 Å². The summed E-state index contributed by atoms with van der Waals surface area (Å²) in [6.45, 7) is 6.78. The molecule has 5 heteroatoms. The number of benzene rings is 1. The molecule has 0 heterocycles. The number of carbonyl (C=O) groups excluding carboxylic acids is 1. The van der Waals surface area contributed by atoms with Gasteiger partial charge in [0.15, 0.2) is 0 Å². The Kier molecular flexibility index (Phi) is 5.08. The molecule has 5 nitrogen and oxygen atoms in total. The van der Waals surface area contributed by atoms with Crippen molar-refractivity contribution in [1.82, 2.24) is 4.90 Å². The quantitative estimate of drug-likeness (QED) is 0.786. The van der Waals surface area contributed by atoms with Gasteiger partial charge < -0.3 is 19.7 Å². The number of methoxy groups -OCH3 is 1. The van der Waals surface area contributed by atoms with Crippen LogP contribution in [-0.2, 0) is 4.74 Å². The molecule has 1 saturated carbocycles. The van der Waals surface area contributed by atoms with Crippen LogP contribution in [0.1, 0.15) is 19.8 Å². The van der Waals surface area contributed by atoms with Crippen molar-refractivity contribution in [2.75, 3.05) is 32.7 Å². The Bertz CT molecular complexity index is 535. The molecule has 0 unspecified atom stereocenters. The Morgan fingerprint density at radius 1 is 1.36 bits per heavy atom. The Labute approximate surface area is 131 Å². The fraction of sp³-hybridized carbons (Fsp3) is 0.471. The first-order valence-corrected chi connectivity index (χ1v) is 7.38. The minimum atomic E-state index is -0.136. The van der Waals surface area contributed by atoms with E-state index in [1.807, 2.05) is 38.2 Å². The van der Waals surface area contributed by atoms with Crippen LogP contribution < -0.4 is 10.1 Å². The summed E-state index contributed by atoms with van der Waals surface area (Å²) in [6.07, 6.45) is 1.97. The van der Waals surface area contributed by atoms with Gasteiger partial charge in [0.25, 0.3) is 0 Å². The van der Waals surface area contributed by atoms with E-state index in [9.17, 15) is 4.79 Å². The van der Waals surface area contributed by atoms with Crippen LogP contribution in [0.15, 0.2) is 36.4 Å². The van der Waals surface area contributed by atoms with Gasteiger partial charge in [-0.15, -0.1) is 0 Å². The number of hydrogen-bond donors (Lipinski definition) is 1. The highest BCUT2D eigenvalue weighted by molar-refractivity contribution is 5.90. The monoisotopic (exact) mass is 304 g/mol. The standard InChI is InChI=1S/C17H24N2O3/c1-13(2)11-22-15-7-5-14(6-8-15)18-16(20)19(3)17(9-10-17)12-21-4/h5-8H,1,9-12H2,2-4H3,(H,18,20). The number of ether oxygens (including phenoxy) is 2. The predicted octanol–water partition coefficient (Wildman–Crippen LogP) is 3.28. The topological polar surface area (TPSA) is 50.8 Å². The molecule has 0 aromatic heterocycles. The third-order valence-corrected chi connectivity index (χ3v) is 3.85. The van der Waals surface area contributed by atoms with Gasteiger partial charge in [-0.05, 0) is 49.6 Å². The van der Waals surface area contributed by atoms with Crippen LogP contribution in [0, 0.1) is 0 Å². The van der Waals surface area contributed by atoms with E-state index in [-0.39, 0.29) is 11.6 Å². The van der Waals surface area contributed by atoms with E-state index in [0.29, 0.717) is 13.2 Å². The van der Waals surface area contributed by atoms with Crippen molar-refractivity contribution in [2.24, 2.45) is 0 Å². The van der Waals surface area contributed by atoms with Crippen molar-refractivity contribution >= 4 is 11.7 Å². The van der Waals surface area contributed by atoms with Gasteiger partial charge in [0, 0.05) is 19.8 Å². The molecule has 1 aromatic carbocycles. The molecule has 2 amide bonds. The highest BCUT2D eigenvalue weighted by atomic mass is 16.5. The summed E-state index contributed by atoms with van der Waals surface area (Å²) in [6, 6.07) is 7.21. The first kappa shape index (κ1) is 16.4. The maximum absolute atomic E-state index is 12.3. The number of rotatable bonds is 7. The van der Waals surface area contributed by atoms with Crippen molar-refractivity contribution in [3.8, 4) is 5.75 Å². The lowest BCUT2D eigenvalue weighted by atomic mass is 10.2. The molecule has 1 aromatic rings. The van der Waals surface area contributed by atoms with Gasteiger partial charge in [-0.3, -0.25) is 0 Å². The third kappa shape index (κ3) is 4.01. The summed E-state index contributed by atoms with van der Waals surface area (Å²) < 4.78 is 10.7. The zero-order valence-electron chi connectivity index (χ0n) is 13.5. The molecule has 22 heavy (non-hydrogen) atoms. The molecule has 2 rings (SSSR count). The van der Waals surface area contributed by atoms with Crippen LogP contribution >= 0.6 is 0 Å². The predicted molar refractivity (Wildman–Crippen MR) is 87.4 cm³/mol. The van der Waals surface area contributed by atoms with Crippen molar-refractivity contribution < 1.29 is 14.3 Å². The van der Waals surface area contributed by atoms with Crippen molar-refractivity contribution in [3.05, 3.63) is 36.4 Å². The molecule has 1 N–H and O–H groups in total. The second-order valence-electron chi connectivity index (χ2n) is 5.92. The highest BCUT2D eigenvalue weighted by Gasteiger charge is 2.48. The van der Waals surface area contributed by atoms with E-state index in [1.54, 1.807) is 12.0 Å². The summed E-state index contributed by atoms with van der Waals surface area (Å²) >= 11 is 0. The molecule has 1 fully saturated rings. The van der Waals surface area contributed by atoms with Gasteiger partial charge in [0.1, 0.15) is 12.4 Å². The molecule has 0 saturated heterocycles. The summed E-state index contributed by atoms with van der Waals surface area (Å²) in [4.78, 5) is 14.0. The first-order valence-electron chi connectivity index (χ1n) is 7.38. The van der Waals surface area contributed by atoms with E-state index in [1.165, 1.54) is 0 Å². The van der Waals surface area contributed by atoms with Gasteiger partial charge in [-0.2, -0.15) is 0 Å². The van der Waals surface area contributed by atoms with Crippen LogP contribution in [0.3, 0.4) is 0 Å². The molecule has 0 spiro atoms. The normalized spacial score (nSPS) is 15.0. The lowest BCUT2D eigenvalue weighted by Crippen LogP contribution is -2.44. The minimum Gasteiger partial charge on any atom is -0.489 e. The van der Waals surface area contributed by atoms with Crippen molar-refractivity contribution in [1.29, 1.82) is 0 Å². The van der Waals surface area contributed by atoms with Gasteiger partial charge in [0.05, 0.1) is 12.1 Å². The molecule has 1 aliphatic carbocycles. The Balaban J connectivity index is 1.90. The van der Waals surface area contributed by atoms with E-state index in [2.05, 4.69) is 11.9 Å². The van der Waals surface area contributed by atoms with Gasteiger partial charge >= 0.3 is 6.03 Å². The molecular formula is C17H24N2O3. The maximum atomic E-state index is 12.3. The number of likely N-dealkylation sites (N-methyl/N-ethyl adjacent to an activating group) is 1. The Morgan fingerprint density at radius 3 is 2.50 bits per heavy atom. The molecule has 0 atom stereocenters. The van der Waals surface area contributed by atoms with Gasteiger partial charge in [-0.25, -0.2) is 4.79 Å². The molecule has 120 valence electrons. The fourth-order valence-electron chi connectivity index (χ4n) is 2.25. The smallest absolute Gasteiger partial charge is 0.322 e. The molecule has 0 radical (unpaired) electrons. The SMILES string of the molecule is C=C(C)COc1ccc(NC(=O)N(C)C2(COC)CC2)cc1. The lowest BCUT2D eigenvalue weighted by molar-refractivity contribution is 0.108. The average Bonchev–Trinajstić information content (AvgIpc) is 3.27. The average molecular weight is 304 g/mol. The fourth-order valence-corrected chi connectivity index (χ4v) is 2.25. The van der Waals surface area contributed by atoms with E-state index >= 15 is 0 Å². The molecular weight excluding hydrogens is 280 g/mol. The second-order valence-corrected chi connectivity index (χ2v) is 5.92. The molecule has 1 aliphatic rings. The second kappa shape index (κ2) is 6.83. The van der Waals surface area contributed by atoms with Crippen molar-refractivity contribution in [2.45, 2.75) is 25.3 Å². The zero-order valence-corrected chi connectivity index (χ0v) is 13.5. The Morgan fingerprint density at radius 2 is 2.00 bits per heavy atom. The number of anilines is 1. The van der Waals surface area contributed by atoms with E-state index < -0.39 is 0 Å². The summed E-state index contributed by atoms with van der Waals surface area (Å²) in [7, 11) is 3.47. The van der Waals surface area contributed by atoms with Gasteiger partial charge in [-0.1, -0.05) is 6.58 Å². The number of nitrogens with one attached hydrogen (secondary N) is 1. The summed E-state index contributed by atoms with van der Waals surface area (Å²) in [5, 5.41) is 2.90. The summed E-state index contributed by atoms with van der Waals surface area (Å²) in [5.74, 6) is 0.757. The first-order chi connectivity index (χ1) is 10.5. The van der Waals surface area contributed by atoms with E-state index in [4.69, 9.17) is 9.47 Å². The van der Waals surface area contributed by atoms with Gasteiger partial charge in [0.2, 0.25) is 0 Å². The zero-order chi connectivity index (χ0) is 16.2. The third-order valence-electron chi connectivity index (χ3n) is 3.85. The largest absolute Gasteiger partial charge is 0.489 e. The number of hydrogen-bond acceptors (Lipinski definition) is 3. The number of nitrogens with zero attached hydrogens (tertiary/aromatic N) is 1. The van der Waals surface area contributed by atoms with Crippen LogP contribution in [0.4, 0.5) is 10.5 Å². The van der Waals surface area contributed by atoms with Crippen LogP contribution in [0.2, 0.25) is 0 Å². The number of urea groups is 1. The maximum Gasteiger partial charge on any atom is 0.322 e. The molecule has 0 bridgehead atoms. The summed E-state index contributed by atoms with van der Waals surface area (Å²) in [5.41, 5.74) is 1.57.